The highest BCUT2D eigenvalue weighted by atomic mass is 16.5. The minimum absolute atomic E-state index is 0.0201. The molecular weight excluding hydrogens is 272 g/mol. The van der Waals surface area contributed by atoms with Gasteiger partial charge in [0.2, 0.25) is 5.91 Å². The highest BCUT2D eigenvalue weighted by Crippen LogP contribution is 2.38. The normalized spacial score (nSPS) is 25.2. The first kappa shape index (κ1) is 16.2. The Kier molecular flexibility index (Phi) is 5.99. The first-order valence-electron chi connectivity index (χ1n) is 7.89. The molecule has 2 fully saturated rings. The topological polar surface area (TPSA) is 87.7 Å². The predicted molar refractivity (Wildman–Crippen MR) is 78.0 cm³/mol. The third-order valence-corrected chi connectivity index (χ3v) is 4.53. The Morgan fingerprint density at radius 3 is 2.67 bits per heavy atom. The summed E-state index contributed by atoms with van der Waals surface area (Å²) >= 11 is 0. The molecule has 6 nitrogen and oxygen atoms in total. The number of hydrogen-bond donors (Lipinski definition) is 3. The third-order valence-electron chi connectivity index (χ3n) is 4.53. The van der Waals surface area contributed by atoms with Crippen molar-refractivity contribution in [3.05, 3.63) is 0 Å². The van der Waals surface area contributed by atoms with Crippen LogP contribution >= 0.6 is 0 Å². The van der Waals surface area contributed by atoms with E-state index in [-0.39, 0.29) is 23.8 Å². The third kappa shape index (κ3) is 5.28. The van der Waals surface area contributed by atoms with Crippen molar-refractivity contribution in [1.82, 2.24) is 10.6 Å². The molecule has 1 saturated heterocycles. The van der Waals surface area contributed by atoms with Crippen molar-refractivity contribution >= 4 is 11.9 Å². The second-order valence-corrected chi connectivity index (χ2v) is 6.34. The van der Waals surface area contributed by atoms with Crippen molar-refractivity contribution in [3.63, 3.8) is 0 Å². The maximum atomic E-state index is 12.0. The summed E-state index contributed by atoms with van der Waals surface area (Å²) in [5.41, 5.74) is -0.254. The molecule has 0 bridgehead atoms. The average molecular weight is 298 g/mol. The van der Waals surface area contributed by atoms with Crippen LogP contribution < -0.4 is 10.6 Å². The fourth-order valence-electron chi connectivity index (χ4n) is 3.37. The molecular formula is C15H26N2O4. The SMILES string of the molecule is O=C(O)CC1(CNC(=O)CC2COCCN2)CCCCC1. The van der Waals surface area contributed by atoms with Gasteiger partial charge in [0.15, 0.2) is 0 Å². The summed E-state index contributed by atoms with van der Waals surface area (Å²) in [6.07, 6.45) is 5.61. The van der Waals surface area contributed by atoms with Crippen molar-refractivity contribution in [2.24, 2.45) is 5.41 Å². The van der Waals surface area contributed by atoms with E-state index in [1.54, 1.807) is 0 Å². The van der Waals surface area contributed by atoms with Crippen LogP contribution in [-0.4, -0.2) is 49.3 Å². The number of carbonyl (C=O) groups excluding carboxylic acids is 1. The fraction of sp³-hybridized carbons (Fsp3) is 0.867. The summed E-state index contributed by atoms with van der Waals surface area (Å²) in [5, 5.41) is 15.3. The molecule has 1 amide bonds. The smallest absolute Gasteiger partial charge is 0.303 e. The van der Waals surface area contributed by atoms with Crippen molar-refractivity contribution in [3.8, 4) is 0 Å². The summed E-state index contributed by atoms with van der Waals surface area (Å²) in [6.45, 7) is 2.51. The minimum Gasteiger partial charge on any atom is -0.481 e. The van der Waals surface area contributed by atoms with E-state index in [0.29, 0.717) is 26.2 Å². The molecule has 6 heteroatoms. The first-order valence-corrected chi connectivity index (χ1v) is 7.89. The van der Waals surface area contributed by atoms with E-state index >= 15 is 0 Å². The van der Waals surface area contributed by atoms with E-state index in [1.807, 2.05) is 0 Å². The summed E-state index contributed by atoms with van der Waals surface area (Å²) in [5.74, 6) is -0.790. The number of carboxylic acid groups (broad SMARTS) is 1. The van der Waals surface area contributed by atoms with Crippen LogP contribution in [0.3, 0.4) is 0 Å². The molecule has 0 spiro atoms. The molecule has 0 aromatic carbocycles. The Balaban J connectivity index is 1.79. The van der Waals surface area contributed by atoms with Crippen LogP contribution in [0.1, 0.15) is 44.9 Å². The predicted octanol–water partition coefficient (Wildman–Crippen LogP) is 0.906. The summed E-state index contributed by atoms with van der Waals surface area (Å²) < 4.78 is 5.33. The van der Waals surface area contributed by atoms with Crippen LogP contribution in [-0.2, 0) is 14.3 Å². The van der Waals surface area contributed by atoms with Gasteiger partial charge >= 0.3 is 5.97 Å². The van der Waals surface area contributed by atoms with Crippen molar-refractivity contribution in [1.29, 1.82) is 0 Å². The Bertz CT molecular complexity index is 361. The lowest BCUT2D eigenvalue weighted by Gasteiger charge is -2.36. The van der Waals surface area contributed by atoms with Gasteiger partial charge in [-0.1, -0.05) is 19.3 Å². The maximum Gasteiger partial charge on any atom is 0.303 e. The highest BCUT2D eigenvalue weighted by Gasteiger charge is 2.34. The Morgan fingerprint density at radius 1 is 1.29 bits per heavy atom. The van der Waals surface area contributed by atoms with E-state index in [4.69, 9.17) is 9.84 Å². The second-order valence-electron chi connectivity index (χ2n) is 6.34. The van der Waals surface area contributed by atoms with Crippen LogP contribution in [0.2, 0.25) is 0 Å². The van der Waals surface area contributed by atoms with Crippen LogP contribution in [0, 0.1) is 5.41 Å². The number of carboxylic acids is 1. The van der Waals surface area contributed by atoms with E-state index < -0.39 is 5.97 Å². The zero-order valence-electron chi connectivity index (χ0n) is 12.5. The molecule has 0 radical (unpaired) electrons. The molecule has 1 aliphatic carbocycles. The summed E-state index contributed by atoms with van der Waals surface area (Å²) in [4.78, 5) is 23.1. The molecule has 0 aromatic rings. The Hall–Kier alpha value is -1.14. The lowest BCUT2D eigenvalue weighted by Crippen LogP contribution is -2.46. The Morgan fingerprint density at radius 2 is 2.05 bits per heavy atom. The highest BCUT2D eigenvalue weighted by molar-refractivity contribution is 5.76. The van der Waals surface area contributed by atoms with Gasteiger partial charge in [-0.3, -0.25) is 9.59 Å². The standard InChI is InChI=1S/C15H26N2O4/c18-13(8-12-10-21-7-6-16-12)17-11-15(9-14(19)20)4-2-1-3-5-15/h12,16H,1-11H2,(H,17,18)(H,19,20). The summed E-state index contributed by atoms with van der Waals surface area (Å²) in [6, 6.07) is 0.0699. The zero-order chi connectivity index (χ0) is 15.1. The van der Waals surface area contributed by atoms with Gasteiger partial charge in [-0.2, -0.15) is 0 Å². The van der Waals surface area contributed by atoms with E-state index in [9.17, 15) is 9.59 Å². The lowest BCUT2D eigenvalue weighted by molar-refractivity contribution is -0.140. The molecule has 2 rings (SSSR count). The zero-order valence-corrected chi connectivity index (χ0v) is 12.5. The molecule has 1 saturated carbocycles. The minimum atomic E-state index is -0.770. The van der Waals surface area contributed by atoms with Gasteiger partial charge in [-0.25, -0.2) is 0 Å². The number of morpholine rings is 1. The number of hydrogen-bond acceptors (Lipinski definition) is 4. The lowest BCUT2D eigenvalue weighted by atomic mass is 9.71. The summed E-state index contributed by atoms with van der Waals surface area (Å²) in [7, 11) is 0. The molecule has 1 heterocycles. The van der Waals surface area contributed by atoms with Crippen molar-refractivity contribution in [2.45, 2.75) is 51.0 Å². The number of nitrogens with one attached hydrogen (secondary N) is 2. The Labute approximate surface area is 125 Å². The van der Waals surface area contributed by atoms with Crippen LogP contribution in [0.15, 0.2) is 0 Å². The second kappa shape index (κ2) is 7.75. The van der Waals surface area contributed by atoms with Crippen LogP contribution in [0.5, 0.6) is 0 Å². The molecule has 2 aliphatic rings. The molecule has 1 atom stereocenters. The van der Waals surface area contributed by atoms with Crippen LogP contribution in [0.4, 0.5) is 0 Å². The monoisotopic (exact) mass is 298 g/mol. The molecule has 0 aromatic heterocycles. The van der Waals surface area contributed by atoms with Crippen LogP contribution in [0.25, 0.3) is 0 Å². The van der Waals surface area contributed by atoms with Gasteiger partial charge in [-0.05, 0) is 18.3 Å². The number of amides is 1. The van der Waals surface area contributed by atoms with E-state index in [2.05, 4.69) is 10.6 Å². The van der Waals surface area contributed by atoms with Crippen molar-refractivity contribution in [2.75, 3.05) is 26.3 Å². The van der Waals surface area contributed by atoms with Gasteiger partial charge < -0.3 is 20.5 Å². The molecule has 1 unspecified atom stereocenters. The van der Waals surface area contributed by atoms with Gasteiger partial charge in [0.05, 0.1) is 19.6 Å². The van der Waals surface area contributed by atoms with Gasteiger partial charge in [0.25, 0.3) is 0 Å². The number of aliphatic carboxylic acids is 1. The largest absolute Gasteiger partial charge is 0.481 e. The van der Waals surface area contributed by atoms with Crippen molar-refractivity contribution < 1.29 is 19.4 Å². The van der Waals surface area contributed by atoms with Gasteiger partial charge in [0.1, 0.15) is 0 Å². The quantitative estimate of drug-likeness (QED) is 0.678. The fourth-order valence-corrected chi connectivity index (χ4v) is 3.37. The molecule has 3 N–H and O–H groups in total. The number of rotatable bonds is 6. The maximum absolute atomic E-state index is 12.0. The van der Waals surface area contributed by atoms with E-state index in [1.165, 1.54) is 6.42 Å². The van der Waals surface area contributed by atoms with Gasteiger partial charge in [0, 0.05) is 25.6 Å². The molecule has 120 valence electrons. The van der Waals surface area contributed by atoms with Gasteiger partial charge in [-0.15, -0.1) is 0 Å². The first-order chi connectivity index (χ1) is 10.1. The number of ether oxygens (including phenoxy) is 1. The average Bonchev–Trinajstić information content (AvgIpc) is 2.47. The number of carbonyl (C=O) groups is 2. The molecule has 1 aliphatic heterocycles. The molecule has 21 heavy (non-hydrogen) atoms. The van der Waals surface area contributed by atoms with E-state index in [0.717, 1.165) is 32.2 Å².